The van der Waals surface area contributed by atoms with E-state index in [4.69, 9.17) is 0 Å². The van der Waals surface area contributed by atoms with E-state index >= 15 is 0 Å². The smallest absolute Gasteiger partial charge is 0.252 e. The van der Waals surface area contributed by atoms with Gasteiger partial charge >= 0.3 is 0 Å². The van der Waals surface area contributed by atoms with Crippen LogP contribution in [0, 0.1) is 0 Å². The Kier molecular flexibility index (Phi) is 5.14. The first-order chi connectivity index (χ1) is 14.4. The zero-order valence-electron chi connectivity index (χ0n) is 17.1. The van der Waals surface area contributed by atoms with Crippen LogP contribution in [0.2, 0.25) is 0 Å². The van der Waals surface area contributed by atoms with Gasteiger partial charge in [0.25, 0.3) is 5.95 Å². The van der Waals surface area contributed by atoms with Crippen LogP contribution in [0.1, 0.15) is 32.0 Å². The minimum Gasteiger partial charge on any atom is -0.310 e. The van der Waals surface area contributed by atoms with E-state index in [0.717, 1.165) is 16.9 Å². The van der Waals surface area contributed by atoms with Crippen LogP contribution >= 0.6 is 0 Å². The molecule has 0 saturated heterocycles. The second-order valence-electron chi connectivity index (χ2n) is 7.98. The van der Waals surface area contributed by atoms with E-state index in [1.54, 1.807) is 34.0 Å². The largest absolute Gasteiger partial charge is 0.310 e. The molecule has 0 fully saturated rings. The molecule has 4 aromatic rings. The van der Waals surface area contributed by atoms with Crippen molar-refractivity contribution in [2.45, 2.75) is 32.6 Å². The molecule has 0 unspecified atom stereocenters. The van der Waals surface area contributed by atoms with Crippen molar-refractivity contribution in [1.29, 1.82) is 0 Å². The number of rotatable bonds is 5. The molecule has 0 aliphatic carbocycles. The second-order valence-corrected chi connectivity index (χ2v) is 7.98. The van der Waals surface area contributed by atoms with Crippen molar-refractivity contribution in [3.8, 4) is 11.6 Å². The Labute approximate surface area is 174 Å². The average Bonchev–Trinajstić information content (AvgIpc) is 3.36. The molecule has 3 heterocycles. The summed E-state index contributed by atoms with van der Waals surface area (Å²) in [5.41, 5.74) is 2.41. The Morgan fingerprint density at radius 2 is 1.80 bits per heavy atom. The van der Waals surface area contributed by atoms with Gasteiger partial charge in [-0.15, -0.1) is 0 Å². The van der Waals surface area contributed by atoms with Gasteiger partial charge in [-0.05, 0) is 23.8 Å². The molecule has 152 valence electrons. The van der Waals surface area contributed by atoms with Gasteiger partial charge < -0.3 is 5.32 Å². The van der Waals surface area contributed by atoms with Gasteiger partial charge in [-0.2, -0.15) is 14.9 Å². The first-order valence-corrected chi connectivity index (χ1v) is 9.67. The van der Waals surface area contributed by atoms with Crippen molar-refractivity contribution in [2.75, 3.05) is 5.32 Å². The van der Waals surface area contributed by atoms with Crippen LogP contribution in [0.4, 0.5) is 5.82 Å². The minimum absolute atomic E-state index is 0.167. The quantitative estimate of drug-likeness (QED) is 0.554. The first-order valence-electron chi connectivity index (χ1n) is 9.67. The van der Waals surface area contributed by atoms with Crippen LogP contribution < -0.4 is 5.32 Å². The predicted molar refractivity (Wildman–Crippen MR) is 114 cm³/mol. The number of anilines is 1. The molecule has 8 nitrogen and oxygen atoms in total. The van der Waals surface area contributed by atoms with Crippen molar-refractivity contribution >= 4 is 11.7 Å². The van der Waals surface area contributed by atoms with E-state index in [9.17, 15) is 4.79 Å². The van der Waals surface area contributed by atoms with Gasteiger partial charge in [0, 0.05) is 30.1 Å². The van der Waals surface area contributed by atoms with E-state index in [0.29, 0.717) is 11.8 Å². The molecule has 1 aromatic carbocycles. The Morgan fingerprint density at radius 3 is 2.50 bits per heavy atom. The van der Waals surface area contributed by atoms with E-state index in [-0.39, 0.29) is 17.7 Å². The van der Waals surface area contributed by atoms with Gasteiger partial charge in [-0.3, -0.25) is 4.79 Å². The molecule has 0 aliphatic heterocycles. The third kappa shape index (κ3) is 4.27. The summed E-state index contributed by atoms with van der Waals surface area (Å²) in [6.45, 7) is 6.19. The van der Waals surface area contributed by atoms with E-state index in [1.807, 2.05) is 42.6 Å². The molecule has 30 heavy (non-hydrogen) atoms. The van der Waals surface area contributed by atoms with E-state index in [2.05, 4.69) is 46.3 Å². The summed E-state index contributed by atoms with van der Waals surface area (Å²) >= 11 is 0. The lowest BCUT2D eigenvalue weighted by Gasteiger charge is -2.13. The SMILES string of the molecule is CC(C)(C)c1cc(NC(=O)Cc2cnn(-c3ccccc3)c2)n(-c2ncccn2)n1. The highest BCUT2D eigenvalue weighted by Gasteiger charge is 2.22. The van der Waals surface area contributed by atoms with Crippen LogP contribution in [0.25, 0.3) is 11.6 Å². The summed E-state index contributed by atoms with van der Waals surface area (Å²) in [6, 6.07) is 13.4. The predicted octanol–water partition coefficient (Wildman–Crippen LogP) is 3.33. The van der Waals surface area contributed by atoms with Crippen LogP contribution in [0.5, 0.6) is 0 Å². The van der Waals surface area contributed by atoms with Gasteiger partial charge in [0.15, 0.2) is 0 Å². The molecular weight excluding hydrogens is 378 g/mol. The lowest BCUT2D eigenvalue weighted by Crippen LogP contribution is -2.17. The Balaban J connectivity index is 1.55. The summed E-state index contributed by atoms with van der Waals surface area (Å²) in [5.74, 6) is 0.770. The number of carbonyl (C=O) groups is 1. The molecule has 1 N–H and O–H groups in total. The summed E-state index contributed by atoms with van der Waals surface area (Å²) < 4.78 is 3.31. The summed E-state index contributed by atoms with van der Waals surface area (Å²) in [6.07, 6.45) is 7.03. The van der Waals surface area contributed by atoms with Gasteiger partial charge in [-0.1, -0.05) is 39.0 Å². The number of aromatic nitrogens is 6. The summed E-state index contributed by atoms with van der Waals surface area (Å²) in [5, 5.41) is 11.9. The molecule has 0 bridgehead atoms. The summed E-state index contributed by atoms with van der Waals surface area (Å²) in [7, 11) is 0. The van der Waals surface area contributed by atoms with Crippen molar-refractivity contribution in [1.82, 2.24) is 29.5 Å². The lowest BCUT2D eigenvalue weighted by atomic mass is 9.92. The van der Waals surface area contributed by atoms with Crippen molar-refractivity contribution in [3.05, 3.63) is 78.5 Å². The fourth-order valence-electron chi connectivity index (χ4n) is 2.94. The number of nitrogens with one attached hydrogen (secondary N) is 1. The Bertz CT molecular complexity index is 1140. The zero-order valence-corrected chi connectivity index (χ0v) is 17.1. The topological polar surface area (TPSA) is 90.5 Å². The maximum Gasteiger partial charge on any atom is 0.252 e. The molecule has 0 saturated carbocycles. The number of hydrogen-bond acceptors (Lipinski definition) is 5. The van der Waals surface area contributed by atoms with Crippen molar-refractivity contribution < 1.29 is 4.79 Å². The number of carbonyl (C=O) groups excluding carboxylic acids is 1. The highest BCUT2D eigenvalue weighted by Crippen LogP contribution is 2.25. The molecule has 4 rings (SSSR count). The first kappa shape index (κ1) is 19.5. The Morgan fingerprint density at radius 1 is 1.07 bits per heavy atom. The number of hydrogen-bond donors (Lipinski definition) is 1. The highest BCUT2D eigenvalue weighted by molar-refractivity contribution is 5.91. The summed E-state index contributed by atoms with van der Waals surface area (Å²) in [4.78, 5) is 21.3. The monoisotopic (exact) mass is 401 g/mol. The number of amides is 1. The maximum atomic E-state index is 12.7. The molecule has 0 aliphatic rings. The van der Waals surface area contributed by atoms with Gasteiger partial charge in [0.2, 0.25) is 5.91 Å². The van der Waals surface area contributed by atoms with Crippen LogP contribution in [0.15, 0.2) is 67.3 Å². The van der Waals surface area contributed by atoms with Crippen LogP contribution in [0.3, 0.4) is 0 Å². The maximum absolute atomic E-state index is 12.7. The molecular formula is C22H23N7O. The third-order valence-electron chi connectivity index (χ3n) is 4.51. The fraction of sp³-hybridized carbons (Fsp3) is 0.227. The standard InChI is InChI=1S/C22H23N7O/c1-22(2,3)18-13-19(29(27-18)21-23-10-7-11-24-21)26-20(30)12-16-14-25-28(15-16)17-8-5-4-6-9-17/h4-11,13-15H,12H2,1-3H3,(H,26,30). The Hall–Kier alpha value is -3.81. The van der Waals surface area contributed by atoms with Crippen molar-refractivity contribution in [2.24, 2.45) is 0 Å². The van der Waals surface area contributed by atoms with Gasteiger partial charge in [-0.25, -0.2) is 14.6 Å². The van der Waals surface area contributed by atoms with Gasteiger partial charge in [0.1, 0.15) is 5.82 Å². The molecule has 8 heteroatoms. The van der Waals surface area contributed by atoms with E-state index < -0.39 is 0 Å². The molecule has 0 atom stereocenters. The number of benzene rings is 1. The molecule has 0 radical (unpaired) electrons. The minimum atomic E-state index is -0.184. The van der Waals surface area contributed by atoms with Crippen molar-refractivity contribution in [3.63, 3.8) is 0 Å². The van der Waals surface area contributed by atoms with Gasteiger partial charge in [0.05, 0.1) is 24.0 Å². The highest BCUT2D eigenvalue weighted by atomic mass is 16.1. The van der Waals surface area contributed by atoms with E-state index in [1.165, 1.54) is 0 Å². The normalized spacial score (nSPS) is 11.4. The number of para-hydroxylation sites is 1. The van der Waals surface area contributed by atoms with Crippen LogP contribution in [-0.4, -0.2) is 35.4 Å². The second kappa shape index (κ2) is 7.90. The fourth-order valence-corrected chi connectivity index (χ4v) is 2.94. The van der Waals surface area contributed by atoms with Crippen LogP contribution in [-0.2, 0) is 16.6 Å². The lowest BCUT2D eigenvalue weighted by molar-refractivity contribution is -0.115. The molecule has 1 amide bonds. The third-order valence-corrected chi connectivity index (χ3v) is 4.51. The molecule has 0 spiro atoms. The average molecular weight is 401 g/mol. The zero-order chi connectivity index (χ0) is 21.1. The molecule has 3 aromatic heterocycles. The number of nitrogens with zero attached hydrogens (tertiary/aromatic N) is 6.